The fourth-order valence-corrected chi connectivity index (χ4v) is 4.47. The summed E-state index contributed by atoms with van der Waals surface area (Å²) in [5.41, 5.74) is 0. The first-order valence-corrected chi connectivity index (χ1v) is 15.5. The van der Waals surface area contributed by atoms with Crippen LogP contribution in [-0.4, -0.2) is 50.7 Å². The maximum absolute atomic E-state index is 9.45. The normalized spacial score (nSPS) is 13.4. The number of quaternary nitrogens is 1. The molecule has 202 valence electrons. The van der Waals surface area contributed by atoms with Crippen molar-refractivity contribution in [3.8, 4) is 0 Å². The lowest BCUT2D eigenvalue weighted by molar-refractivity contribution is -0.908. The molecule has 0 aromatic rings. The monoisotopic (exact) mass is 493 g/mol. The molecule has 6 heteroatoms. The molecule has 5 nitrogen and oxygen atoms in total. The van der Waals surface area contributed by atoms with Gasteiger partial charge in [-0.05, 0) is 39.5 Å². The van der Waals surface area contributed by atoms with Gasteiger partial charge >= 0.3 is 0 Å². The average Bonchev–Trinajstić information content (AvgIpc) is 2.76. The fourth-order valence-electron chi connectivity index (χ4n) is 4.18. The Morgan fingerprint density at radius 3 is 1.09 bits per heavy atom. The fraction of sp³-hybridized carbons (Fsp3) is 1.00. The van der Waals surface area contributed by atoms with Gasteiger partial charge in [-0.3, -0.25) is 4.18 Å². The summed E-state index contributed by atoms with van der Waals surface area (Å²) in [6, 6.07) is 0. The lowest BCUT2D eigenvalue weighted by Gasteiger charge is -2.33. The van der Waals surface area contributed by atoms with Gasteiger partial charge < -0.3 is 9.04 Å². The summed E-state index contributed by atoms with van der Waals surface area (Å²) < 4.78 is 33.3. The van der Waals surface area contributed by atoms with Crippen LogP contribution in [0.15, 0.2) is 0 Å². The maximum Gasteiger partial charge on any atom is 0.217 e. The molecule has 0 amide bonds. The van der Waals surface area contributed by atoms with Crippen LogP contribution in [-0.2, 0) is 14.6 Å². The van der Waals surface area contributed by atoms with Gasteiger partial charge in [-0.15, -0.1) is 0 Å². The smallest absolute Gasteiger partial charge is 0.217 e. The Labute approximate surface area is 208 Å². The van der Waals surface area contributed by atoms with Crippen molar-refractivity contribution in [1.82, 2.24) is 0 Å². The first-order valence-electron chi connectivity index (χ1n) is 14.2. The Balaban J connectivity index is 0. The van der Waals surface area contributed by atoms with Crippen molar-refractivity contribution in [3.05, 3.63) is 0 Å². The summed E-state index contributed by atoms with van der Waals surface area (Å²) in [5.74, 6) is 0. The topological polar surface area (TPSA) is 66.4 Å². The molecule has 0 radical (unpaired) electrons. The van der Waals surface area contributed by atoms with E-state index >= 15 is 0 Å². The molecule has 0 aliphatic rings. The van der Waals surface area contributed by atoms with Crippen LogP contribution in [0.5, 0.6) is 0 Å². The zero-order valence-electron chi connectivity index (χ0n) is 23.0. The van der Waals surface area contributed by atoms with Gasteiger partial charge in [0, 0.05) is 0 Å². The number of nitrogens with zero attached hydrogens (tertiary/aromatic N) is 1. The molecule has 0 saturated heterocycles. The second kappa shape index (κ2) is 24.9. The van der Waals surface area contributed by atoms with Gasteiger partial charge in [-0.1, -0.05) is 104 Å². The average molecular weight is 494 g/mol. The molecule has 0 heterocycles. The summed E-state index contributed by atoms with van der Waals surface area (Å²) in [6.07, 6.45) is 26.1. The highest BCUT2D eigenvalue weighted by Crippen LogP contribution is 2.14. The van der Waals surface area contributed by atoms with E-state index in [1.54, 1.807) is 0 Å². The first kappa shape index (κ1) is 35.0. The van der Waals surface area contributed by atoms with Gasteiger partial charge in [0.15, 0.2) is 0 Å². The van der Waals surface area contributed by atoms with Crippen LogP contribution in [0.2, 0.25) is 0 Å². The van der Waals surface area contributed by atoms with E-state index in [2.05, 4.69) is 32.0 Å². The van der Waals surface area contributed by atoms with E-state index in [1.165, 1.54) is 147 Å². The predicted molar refractivity (Wildman–Crippen MR) is 142 cm³/mol. The van der Waals surface area contributed by atoms with Gasteiger partial charge in [-0.25, -0.2) is 8.42 Å². The van der Waals surface area contributed by atoms with E-state index in [1.807, 2.05) is 0 Å². The molecule has 0 fully saturated rings. The van der Waals surface area contributed by atoms with E-state index in [0.717, 1.165) is 0 Å². The highest BCUT2D eigenvalue weighted by Gasteiger charge is 2.17. The first-order chi connectivity index (χ1) is 15.7. The molecule has 1 atom stereocenters. The van der Waals surface area contributed by atoms with Gasteiger partial charge in [-0.2, -0.15) is 0 Å². The third-order valence-corrected chi connectivity index (χ3v) is 7.15. The second-order valence-electron chi connectivity index (χ2n) is 9.85. The molecule has 0 saturated carbocycles. The SMILES string of the molecule is CCCCCCCCCCCC[N+](C)(CC)CCCCCCCCCC.CCOS(=O)(=O)[O-]. The van der Waals surface area contributed by atoms with Crippen molar-refractivity contribution in [1.29, 1.82) is 0 Å². The summed E-state index contributed by atoms with van der Waals surface area (Å²) in [6.45, 7) is 12.5. The van der Waals surface area contributed by atoms with E-state index in [4.69, 9.17) is 0 Å². The minimum Gasteiger partial charge on any atom is -0.726 e. The Hall–Kier alpha value is -0.170. The minimum atomic E-state index is -4.42. The van der Waals surface area contributed by atoms with Crippen LogP contribution < -0.4 is 0 Å². The zero-order valence-corrected chi connectivity index (χ0v) is 23.9. The molecule has 0 N–H and O–H groups in total. The quantitative estimate of drug-likeness (QED) is 0.0626. The van der Waals surface area contributed by atoms with Crippen LogP contribution >= 0.6 is 0 Å². The van der Waals surface area contributed by atoms with Crippen molar-refractivity contribution in [2.24, 2.45) is 0 Å². The van der Waals surface area contributed by atoms with Crippen molar-refractivity contribution in [2.45, 2.75) is 143 Å². The van der Waals surface area contributed by atoms with E-state index < -0.39 is 10.4 Å². The van der Waals surface area contributed by atoms with Gasteiger partial charge in [0.2, 0.25) is 10.4 Å². The number of unbranched alkanes of at least 4 members (excludes halogenated alkanes) is 16. The molecule has 33 heavy (non-hydrogen) atoms. The zero-order chi connectivity index (χ0) is 25.3. The van der Waals surface area contributed by atoms with Crippen molar-refractivity contribution in [3.63, 3.8) is 0 Å². The predicted octanol–water partition coefficient (Wildman–Crippen LogP) is 8.00. The Morgan fingerprint density at radius 1 is 0.576 bits per heavy atom. The Bertz CT molecular complexity index is 485. The molecule has 1 unspecified atom stereocenters. The number of rotatable bonds is 23. The van der Waals surface area contributed by atoms with Crippen molar-refractivity contribution >= 4 is 10.4 Å². The molecule has 0 aliphatic heterocycles. The molecule has 0 bridgehead atoms. The lowest BCUT2D eigenvalue weighted by atomic mass is 10.1. The summed E-state index contributed by atoms with van der Waals surface area (Å²) in [5, 5.41) is 0. The molecular weight excluding hydrogens is 434 g/mol. The molecule has 0 aliphatic carbocycles. The summed E-state index contributed by atoms with van der Waals surface area (Å²) in [7, 11) is -1.93. The van der Waals surface area contributed by atoms with Crippen LogP contribution in [0.25, 0.3) is 0 Å². The number of hydrogen-bond donors (Lipinski definition) is 0. The van der Waals surface area contributed by atoms with Gasteiger partial charge in [0.1, 0.15) is 0 Å². The third kappa shape index (κ3) is 29.8. The highest BCUT2D eigenvalue weighted by molar-refractivity contribution is 7.80. The molecule has 0 aromatic carbocycles. The summed E-state index contributed by atoms with van der Waals surface area (Å²) >= 11 is 0. The van der Waals surface area contributed by atoms with Crippen LogP contribution in [0.4, 0.5) is 0 Å². The van der Waals surface area contributed by atoms with E-state index in [-0.39, 0.29) is 6.61 Å². The maximum atomic E-state index is 9.45. The van der Waals surface area contributed by atoms with Crippen molar-refractivity contribution < 1.29 is 21.6 Å². The van der Waals surface area contributed by atoms with Crippen LogP contribution in [0.3, 0.4) is 0 Å². The molecular formula is C27H59NO4S. The van der Waals surface area contributed by atoms with E-state index in [0.29, 0.717) is 0 Å². The Morgan fingerprint density at radius 2 is 0.879 bits per heavy atom. The Kier molecular flexibility index (Phi) is 26.4. The third-order valence-electron chi connectivity index (χ3n) is 6.63. The van der Waals surface area contributed by atoms with E-state index in [9.17, 15) is 13.0 Å². The number of hydrogen-bond acceptors (Lipinski definition) is 4. The lowest BCUT2D eigenvalue weighted by Crippen LogP contribution is -2.45. The standard InChI is InChI=1S/C25H54N.C2H6O4S/c1-5-8-10-12-14-16-17-19-21-23-25-26(4,7-3)24-22-20-18-15-13-11-9-6-2;1-2-6-7(3,4)5/h5-25H2,1-4H3;2H2,1H3,(H,3,4,5)/q+1;/p-1. The largest absolute Gasteiger partial charge is 0.726 e. The van der Waals surface area contributed by atoms with Gasteiger partial charge in [0.05, 0.1) is 33.3 Å². The molecule has 0 rings (SSSR count). The molecule has 0 aromatic heterocycles. The van der Waals surface area contributed by atoms with Crippen molar-refractivity contribution in [2.75, 3.05) is 33.3 Å². The van der Waals surface area contributed by atoms with Crippen LogP contribution in [0, 0.1) is 0 Å². The summed E-state index contributed by atoms with van der Waals surface area (Å²) in [4.78, 5) is 0. The molecule has 0 spiro atoms. The minimum absolute atomic E-state index is 0.0914. The highest BCUT2D eigenvalue weighted by atomic mass is 32.3. The second-order valence-corrected chi connectivity index (χ2v) is 10.9. The van der Waals surface area contributed by atoms with Gasteiger partial charge in [0.25, 0.3) is 0 Å². The van der Waals surface area contributed by atoms with Crippen LogP contribution in [0.1, 0.15) is 143 Å².